The zero-order chi connectivity index (χ0) is 13.5. The van der Waals surface area contributed by atoms with Crippen LogP contribution in [0.25, 0.3) is 0 Å². The summed E-state index contributed by atoms with van der Waals surface area (Å²) in [5.74, 6) is 0.742. The summed E-state index contributed by atoms with van der Waals surface area (Å²) >= 11 is 11.9. The zero-order valence-electron chi connectivity index (χ0n) is 11.0. The van der Waals surface area contributed by atoms with Gasteiger partial charge in [-0.1, -0.05) is 29.3 Å². The van der Waals surface area contributed by atoms with E-state index in [0.29, 0.717) is 10.0 Å². The fourth-order valence-electron chi connectivity index (χ4n) is 1.56. The van der Waals surface area contributed by atoms with E-state index in [2.05, 4.69) is 18.3 Å². The maximum absolute atomic E-state index is 5.98. The van der Waals surface area contributed by atoms with Crippen molar-refractivity contribution in [2.24, 2.45) is 0 Å². The Labute approximate surface area is 119 Å². The molecule has 0 saturated heterocycles. The number of ether oxygens (including phenoxy) is 1. The minimum atomic E-state index is 0.0553. The summed E-state index contributed by atoms with van der Waals surface area (Å²) < 4.78 is 5.95. The lowest BCUT2D eigenvalue weighted by Crippen LogP contribution is -2.23. The Hall–Kier alpha value is -0.700. The molecule has 1 aromatic rings. The van der Waals surface area contributed by atoms with Crippen LogP contribution < -0.4 is 10.1 Å². The first kappa shape index (κ1) is 15.4. The van der Waals surface area contributed by atoms with Crippen LogP contribution in [0.5, 0.6) is 5.75 Å². The topological polar surface area (TPSA) is 21.3 Å². The molecule has 2 nitrogen and oxygen atoms in total. The largest absolute Gasteiger partial charge is 0.486 e. The van der Waals surface area contributed by atoms with Crippen LogP contribution in [0.1, 0.15) is 20.3 Å². The van der Waals surface area contributed by atoms with E-state index in [-0.39, 0.29) is 6.10 Å². The summed E-state index contributed by atoms with van der Waals surface area (Å²) in [7, 11) is 1.93. The van der Waals surface area contributed by atoms with Gasteiger partial charge in [0.25, 0.3) is 0 Å². The quantitative estimate of drug-likeness (QED) is 0.787. The third-order valence-corrected chi connectivity index (χ3v) is 3.53. The fourth-order valence-corrected chi connectivity index (χ4v) is 1.84. The molecule has 0 aliphatic heterocycles. The lowest BCUT2D eigenvalue weighted by molar-refractivity contribution is 0.226. The number of hydrogen-bond acceptors (Lipinski definition) is 2. The minimum absolute atomic E-state index is 0.0553. The molecule has 1 rings (SSSR count). The van der Waals surface area contributed by atoms with Gasteiger partial charge in [0.1, 0.15) is 11.9 Å². The van der Waals surface area contributed by atoms with Crippen LogP contribution in [0.3, 0.4) is 0 Å². The monoisotopic (exact) mass is 287 g/mol. The highest BCUT2D eigenvalue weighted by Crippen LogP contribution is 2.27. The van der Waals surface area contributed by atoms with Crippen molar-refractivity contribution in [2.75, 3.05) is 13.6 Å². The lowest BCUT2D eigenvalue weighted by atomic mass is 10.1. The Morgan fingerprint density at radius 2 is 2.11 bits per heavy atom. The third-order valence-electron chi connectivity index (χ3n) is 2.79. The van der Waals surface area contributed by atoms with Crippen LogP contribution >= 0.6 is 23.2 Å². The van der Waals surface area contributed by atoms with Crippen molar-refractivity contribution in [1.82, 2.24) is 5.32 Å². The number of allylic oxidation sites excluding steroid dienone is 1. The molecule has 0 aliphatic carbocycles. The smallest absolute Gasteiger partial charge is 0.121 e. The molecule has 0 radical (unpaired) electrons. The summed E-state index contributed by atoms with van der Waals surface area (Å²) in [4.78, 5) is 0. The Kier molecular flexibility index (Phi) is 6.55. The highest BCUT2D eigenvalue weighted by atomic mass is 35.5. The van der Waals surface area contributed by atoms with Crippen molar-refractivity contribution >= 4 is 23.2 Å². The molecule has 0 amide bonds. The highest BCUT2D eigenvalue weighted by molar-refractivity contribution is 6.42. The molecule has 0 bridgehead atoms. The molecule has 0 aromatic heterocycles. The first-order valence-corrected chi connectivity index (χ1v) is 6.73. The predicted octanol–water partition coefficient (Wildman–Crippen LogP) is 4.32. The lowest BCUT2D eigenvalue weighted by Gasteiger charge is -2.20. The second-order valence-corrected chi connectivity index (χ2v) is 4.92. The van der Waals surface area contributed by atoms with Gasteiger partial charge in [0.15, 0.2) is 0 Å². The second-order valence-electron chi connectivity index (χ2n) is 4.11. The molecule has 4 heteroatoms. The Morgan fingerprint density at radius 3 is 2.67 bits per heavy atom. The van der Waals surface area contributed by atoms with Crippen LogP contribution in [-0.2, 0) is 0 Å². The van der Waals surface area contributed by atoms with Gasteiger partial charge >= 0.3 is 0 Å². The zero-order valence-corrected chi connectivity index (χ0v) is 12.5. The molecule has 0 heterocycles. The van der Waals surface area contributed by atoms with E-state index >= 15 is 0 Å². The van der Waals surface area contributed by atoms with Crippen LogP contribution in [0.4, 0.5) is 0 Å². The van der Waals surface area contributed by atoms with E-state index in [9.17, 15) is 0 Å². The summed E-state index contributed by atoms with van der Waals surface area (Å²) in [6, 6.07) is 5.34. The summed E-state index contributed by atoms with van der Waals surface area (Å²) in [5, 5.41) is 4.18. The van der Waals surface area contributed by atoms with Crippen LogP contribution in [0.2, 0.25) is 10.0 Å². The maximum Gasteiger partial charge on any atom is 0.121 e. The van der Waals surface area contributed by atoms with E-state index in [4.69, 9.17) is 27.9 Å². The normalized spacial score (nSPS) is 13.5. The molecule has 1 aromatic carbocycles. The Morgan fingerprint density at radius 1 is 1.39 bits per heavy atom. The predicted molar refractivity (Wildman–Crippen MR) is 78.9 cm³/mol. The first-order valence-electron chi connectivity index (χ1n) is 5.97. The van der Waals surface area contributed by atoms with Crippen molar-refractivity contribution in [3.63, 3.8) is 0 Å². The maximum atomic E-state index is 5.98. The van der Waals surface area contributed by atoms with Gasteiger partial charge in [-0.05, 0) is 45.1 Å². The highest BCUT2D eigenvalue weighted by Gasteiger charge is 2.12. The van der Waals surface area contributed by atoms with Crippen molar-refractivity contribution in [2.45, 2.75) is 26.4 Å². The van der Waals surface area contributed by atoms with E-state index in [1.165, 1.54) is 5.57 Å². The van der Waals surface area contributed by atoms with Gasteiger partial charge in [-0.3, -0.25) is 0 Å². The molecule has 0 spiro atoms. The van der Waals surface area contributed by atoms with Gasteiger partial charge in [-0.2, -0.15) is 0 Å². The van der Waals surface area contributed by atoms with Gasteiger partial charge in [-0.25, -0.2) is 0 Å². The minimum Gasteiger partial charge on any atom is -0.486 e. The second kappa shape index (κ2) is 7.67. The summed E-state index contributed by atoms with van der Waals surface area (Å²) in [5.41, 5.74) is 1.20. The molecule has 100 valence electrons. The standard InChI is InChI=1S/C14H19Cl2NO/c1-4-10(2)14(7-8-17-3)18-11-5-6-12(15)13(16)9-11/h4-6,9,14,17H,7-8H2,1-3H3/b10-4+. The Bertz CT molecular complexity index is 418. The van der Waals surface area contributed by atoms with Crippen LogP contribution in [0.15, 0.2) is 29.8 Å². The molecule has 0 aliphatic rings. The van der Waals surface area contributed by atoms with E-state index in [1.54, 1.807) is 12.1 Å². The molecule has 1 unspecified atom stereocenters. The molecule has 0 fully saturated rings. The molecule has 18 heavy (non-hydrogen) atoms. The van der Waals surface area contributed by atoms with E-state index in [1.807, 2.05) is 20.0 Å². The van der Waals surface area contributed by atoms with Crippen molar-refractivity contribution < 1.29 is 4.74 Å². The van der Waals surface area contributed by atoms with E-state index in [0.717, 1.165) is 18.7 Å². The van der Waals surface area contributed by atoms with Gasteiger partial charge in [-0.15, -0.1) is 0 Å². The van der Waals surface area contributed by atoms with Gasteiger partial charge < -0.3 is 10.1 Å². The first-order chi connectivity index (χ1) is 8.58. The van der Waals surface area contributed by atoms with Crippen molar-refractivity contribution in [3.8, 4) is 5.75 Å². The molecular weight excluding hydrogens is 269 g/mol. The average Bonchev–Trinajstić information content (AvgIpc) is 2.37. The number of rotatable bonds is 6. The number of nitrogens with one attached hydrogen (secondary N) is 1. The number of benzene rings is 1. The van der Waals surface area contributed by atoms with Gasteiger partial charge in [0.2, 0.25) is 0 Å². The molecule has 1 N–H and O–H groups in total. The summed E-state index contributed by atoms with van der Waals surface area (Å²) in [6.07, 6.45) is 3.03. The van der Waals surface area contributed by atoms with Gasteiger partial charge in [0, 0.05) is 12.5 Å². The molecule has 0 saturated carbocycles. The van der Waals surface area contributed by atoms with Crippen molar-refractivity contribution in [1.29, 1.82) is 0 Å². The van der Waals surface area contributed by atoms with E-state index < -0.39 is 0 Å². The Balaban J connectivity index is 2.78. The SMILES string of the molecule is C/C=C(\C)C(CCNC)Oc1ccc(Cl)c(Cl)c1. The summed E-state index contributed by atoms with van der Waals surface area (Å²) in [6.45, 7) is 4.98. The fraction of sp³-hybridized carbons (Fsp3) is 0.429. The van der Waals surface area contributed by atoms with Crippen LogP contribution in [0, 0.1) is 0 Å². The average molecular weight is 288 g/mol. The van der Waals surface area contributed by atoms with Crippen molar-refractivity contribution in [3.05, 3.63) is 39.9 Å². The van der Waals surface area contributed by atoms with Crippen LogP contribution in [-0.4, -0.2) is 19.7 Å². The number of hydrogen-bond donors (Lipinski definition) is 1. The van der Waals surface area contributed by atoms with Gasteiger partial charge in [0.05, 0.1) is 10.0 Å². The molecular formula is C14H19Cl2NO. The number of halogens is 2. The molecule has 1 atom stereocenters. The third kappa shape index (κ3) is 4.52.